The van der Waals surface area contributed by atoms with E-state index in [0.717, 1.165) is 5.56 Å². The van der Waals surface area contributed by atoms with Gasteiger partial charge in [-0.3, -0.25) is 0 Å². The smallest absolute Gasteiger partial charge is 0.341 e. The van der Waals surface area contributed by atoms with Crippen molar-refractivity contribution in [2.24, 2.45) is 0 Å². The van der Waals surface area contributed by atoms with Gasteiger partial charge in [0.2, 0.25) is 0 Å². The molecule has 88 valence electrons. The maximum Gasteiger partial charge on any atom is 0.341 e. The molecule has 1 aromatic carbocycles. The van der Waals surface area contributed by atoms with Crippen LogP contribution in [0.1, 0.15) is 23.6 Å². The summed E-state index contributed by atoms with van der Waals surface area (Å²) < 4.78 is 11.1. The lowest BCUT2D eigenvalue weighted by molar-refractivity contribution is 0.240. The van der Waals surface area contributed by atoms with E-state index in [-0.39, 0.29) is 0 Å². The maximum atomic E-state index is 5.57. The van der Waals surface area contributed by atoms with Crippen molar-refractivity contribution >= 4 is 14.6 Å². The molecule has 1 atom stereocenters. The Bertz CT molecular complexity index is 359. The van der Waals surface area contributed by atoms with E-state index in [1.165, 1.54) is 5.56 Å². The summed E-state index contributed by atoms with van der Waals surface area (Å²) in [5.41, 5.74) is 2.67. The normalized spacial score (nSPS) is 13.5. The summed E-state index contributed by atoms with van der Waals surface area (Å²) in [4.78, 5) is 0. The first kappa shape index (κ1) is 13.2. The molecule has 0 heterocycles. The van der Waals surface area contributed by atoms with Gasteiger partial charge in [-0.2, -0.15) is 0 Å². The Kier molecular flexibility index (Phi) is 4.47. The van der Waals surface area contributed by atoms with Crippen LogP contribution in [0.4, 0.5) is 0 Å². The number of hydrogen-bond acceptors (Lipinski definition) is 2. The van der Waals surface area contributed by atoms with Gasteiger partial charge in [0.25, 0.3) is 0 Å². The van der Waals surface area contributed by atoms with Crippen LogP contribution < -0.4 is 0 Å². The largest absolute Gasteiger partial charge is 0.397 e. The molecule has 0 N–H and O–H groups in total. The van der Waals surface area contributed by atoms with Gasteiger partial charge in [-0.25, -0.2) is 0 Å². The zero-order chi connectivity index (χ0) is 12.2. The third kappa shape index (κ3) is 2.61. The van der Waals surface area contributed by atoms with Crippen LogP contribution in [0.2, 0.25) is 6.55 Å². The molecule has 16 heavy (non-hydrogen) atoms. The molecule has 0 saturated carbocycles. The molecular weight excluding hydrogens is 216 g/mol. The average molecular weight is 236 g/mol. The van der Waals surface area contributed by atoms with Crippen LogP contribution in [0, 0.1) is 0 Å². The van der Waals surface area contributed by atoms with Gasteiger partial charge < -0.3 is 8.85 Å². The van der Waals surface area contributed by atoms with E-state index in [4.69, 9.17) is 8.85 Å². The second-order valence-electron chi connectivity index (χ2n) is 4.02. The molecule has 1 aromatic rings. The topological polar surface area (TPSA) is 18.5 Å². The highest BCUT2D eigenvalue weighted by Crippen LogP contribution is 2.28. The van der Waals surface area contributed by atoms with Crippen molar-refractivity contribution in [2.45, 2.75) is 19.0 Å². The SMILES string of the molecule is C=Cc1cccc(C(C)[Si](C)(OC)OC)c1. The van der Waals surface area contributed by atoms with Crippen LogP contribution in [0.25, 0.3) is 6.08 Å². The molecule has 0 radical (unpaired) electrons. The first-order chi connectivity index (χ1) is 7.57. The van der Waals surface area contributed by atoms with Crippen LogP contribution in [-0.2, 0) is 8.85 Å². The average Bonchev–Trinajstić information content (AvgIpc) is 2.37. The molecule has 0 aliphatic carbocycles. The van der Waals surface area contributed by atoms with Gasteiger partial charge in [0.05, 0.1) is 0 Å². The molecule has 0 amide bonds. The quantitative estimate of drug-likeness (QED) is 0.730. The van der Waals surface area contributed by atoms with Crippen molar-refractivity contribution in [1.82, 2.24) is 0 Å². The Morgan fingerprint density at radius 2 is 1.94 bits per heavy atom. The van der Waals surface area contributed by atoms with Crippen molar-refractivity contribution in [3.05, 3.63) is 42.0 Å². The molecule has 0 bridgehead atoms. The van der Waals surface area contributed by atoms with Crippen molar-refractivity contribution in [3.63, 3.8) is 0 Å². The van der Waals surface area contributed by atoms with Crippen molar-refractivity contribution in [2.75, 3.05) is 14.2 Å². The van der Waals surface area contributed by atoms with Gasteiger partial charge in [-0.15, -0.1) is 0 Å². The van der Waals surface area contributed by atoms with Crippen molar-refractivity contribution in [3.8, 4) is 0 Å². The fraction of sp³-hybridized carbons (Fsp3) is 0.385. The predicted molar refractivity (Wildman–Crippen MR) is 70.6 cm³/mol. The van der Waals surface area contributed by atoms with Gasteiger partial charge in [0, 0.05) is 19.8 Å². The van der Waals surface area contributed by atoms with Crippen LogP contribution in [0.15, 0.2) is 30.8 Å². The van der Waals surface area contributed by atoms with E-state index in [0.29, 0.717) is 5.54 Å². The third-order valence-electron chi connectivity index (χ3n) is 3.24. The van der Waals surface area contributed by atoms with Gasteiger partial charge in [0.1, 0.15) is 0 Å². The minimum absolute atomic E-state index is 0.294. The van der Waals surface area contributed by atoms with E-state index >= 15 is 0 Å². The minimum atomic E-state index is -2.11. The zero-order valence-corrected chi connectivity index (χ0v) is 11.5. The van der Waals surface area contributed by atoms with E-state index in [2.05, 4.69) is 32.2 Å². The highest BCUT2D eigenvalue weighted by Gasteiger charge is 2.37. The predicted octanol–water partition coefficient (Wildman–Crippen LogP) is 3.34. The van der Waals surface area contributed by atoms with Crippen LogP contribution in [0.5, 0.6) is 0 Å². The Balaban J connectivity index is 3.03. The molecule has 0 saturated heterocycles. The molecule has 0 fully saturated rings. The minimum Gasteiger partial charge on any atom is -0.397 e. The summed E-state index contributed by atoms with van der Waals surface area (Å²) in [5, 5.41) is 0. The molecule has 1 rings (SSSR count). The van der Waals surface area contributed by atoms with Gasteiger partial charge >= 0.3 is 8.56 Å². The Morgan fingerprint density at radius 1 is 1.31 bits per heavy atom. The molecule has 2 nitrogen and oxygen atoms in total. The first-order valence-electron chi connectivity index (χ1n) is 5.40. The van der Waals surface area contributed by atoms with E-state index < -0.39 is 8.56 Å². The first-order valence-corrected chi connectivity index (χ1v) is 7.79. The van der Waals surface area contributed by atoms with Crippen LogP contribution in [-0.4, -0.2) is 22.8 Å². The lowest BCUT2D eigenvalue weighted by Gasteiger charge is -2.29. The Morgan fingerprint density at radius 3 is 2.44 bits per heavy atom. The second kappa shape index (κ2) is 5.43. The Hall–Kier alpha value is -0.903. The van der Waals surface area contributed by atoms with Gasteiger partial charge in [-0.1, -0.05) is 43.8 Å². The molecule has 3 heteroatoms. The summed E-state index contributed by atoms with van der Waals surface area (Å²) in [5.74, 6) is 0. The molecule has 0 spiro atoms. The highest BCUT2D eigenvalue weighted by molar-refractivity contribution is 6.67. The zero-order valence-electron chi connectivity index (χ0n) is 10.5. The van der Waals surface area contributed by atoms with Gasteiger partial charge in [-0.05, 0) is 17.7 Å². The highest BCUT2D eigenvalue weighted by atomic mass is 28.4. The fourth-order valence-electron chi connectivity index (χ4n) is 1.69. The molecule has 0 aliphatic heterocycles. The summed E-state index contributed by atoms with van der Waals surface area (Å²) >= 11 is 0. The van der Waals surface area contributed by atoms with Crippen molar-refractivity contribution in [1.29, 1.82) is 0 Å². The summed E-state index contributed by atoms with van der Waals surface area (Å²) in [6, 6.07) is 8.34. The van der Waals surface area contributed by atoms with E-state index in [9.17, 15) is 0 Å². The van der Waals surface area contributed by atoms with Crippen LogP contribution >= 0.6 is 0 Å². The summed E-state index contributed by atoms with van der Waals surface area (Å²) in [6.45, 7) is 8.02. The fourth-order valence-corrected chi connectivity index (χ4v) is 3.35. The van der Waals surface area contributed by atoms with E-state index in [1.807, 2.05) is 18.2 Å². The van der Waals surface area contributed by atoms with Crippen LogP contribution in [0.3, 0.4) is 0 Å². The molecule has 0 aliphatic rings. The number of hydrogen-bond donors (Lipinski definition) is 0. The standard InChI is InChI=1S/C13H20O2Si/c1-6-12-8-7-9-13(10-12)11(2)16(5,14-3)15-4/h6-11H,1H2,2-5H3. The number of rotatable bonds is 5. The monoisotopic (exact) mass is 236 g/mol. The van der Waals surface area contributed by atoms with Crippen molar-refractivity contribution < 1.29 is 8.85 Å². The molecular formula is C13H20O2Si. The Labute approximate surface area is 99.2 Å². The lowest BCUT2D eigenvalue weighted by atomic mass is 10.1. The summed E-state index contributed by atoms with van der Waals surface area (Å²) in [6.07, 6.45) is 1.86. The summed E-state index contributed by atoms with van der Waals surface area (Å²) in [7, 11) is 1.34. The number of benzene rings is 1. The molecule has 1 unspecified atom stereocenters. The maximum absolute atomic E-state index is 5.57. The van der Waals surface area contributed by atoms with E-state index in [1.54, 1.807) is 14.2 Å². The second-order valence-corrected chi connectivity index (χ2v) is 7.73. The third-order valence-corrected chi connectivity index (χ3v) is 6.77. The molecule has 0 aromatic heterocycles. The lowest BCUT2D eigenvalue weighted by Crippen LogP contribution is -2.42. The van der Waals surface area contributed by atoms with Gasteiger partial charge in [0.15, 0.2) is 0 Å².